The van der Waals surface area contributed by atoms with E-state index in [1.54, 1.807) is 0 Å². The summed E-state index contributed by atoms with van der Waals surface area (Å²) in [6, 6.07) is 37.3. The van der Waals surface area contributed by atoms with E-state index >= 15 is 0 Å². The fourth-order valence-corrected chi connectivity index (χ4v) is 5.83. The minimum Gasteiger partial charge on any atom is -0.241 e. The van der Waals surface area contributed by atoms with Crippen LogP contribution in [0.2, 0.25) is 0 Å². The van der Waals surface area contributed by atoms with Crippen LogP contribution in [0.1, 0.15) is 0 Å². The van der Waals surface area contributed by atoms with Crippen molar-refractivity contribution in [1.82, 2.24) is 35.3 Å². The molecular weight excluding hydrogens is 838 g/mol. The molecule has 4 aromatic carbocycles. The Hall–Kier alpha value is -4.03. The highest BCUT2D eigenvalue weighted by atomic mass is 79.9. The van der Waals surface area contributed by atoms with Gasteiger partial charge in [-0.1, -0.05) is 118 Å². The molecule has 46 heavy (non-hydrogen) atoms. The molecule has 0 radical (unpaired) electrons. The highest BCUT2D eigenvalue weighted by Crippen LogP contribution is 2.33. The predicted octanol–water partition coefficient (Wildman–Crippen LogP) is 10.5. The molecule has 0 saturated carbocycles. The second-order valence-electron chi connectivity index (χ2n) is 10.1. The van der Waals surface area contributed by atoms with Gasteiger partial charge in [0.25, 0.3) is 0 Å². The van der Waals surface area contributed by atoms with Gasteiger partial charge in [0.1, 0.15) is 34.2 Å². The molecule has 0 atom stereocenters. The summed E-state index contributed by atoms with van der Waals surface area (Å²) in [5.74, 6) is 0.765. The van der Waals surface area contributed by atoms with Crippen LogP contribution in [-0.4, -0.2) is 35.3 Å². The topological polar surface area (TPSA) is 90.2 Å². The lowest BCUT2D eigenvalue weighted by molar-refractivity contribution is 0.968. The third-order valence-electron chi connectivity index (χ3n) is 7.05. The molecular formula is C35H19Br4N7. The Labute approximate surface area is 298 Å². The number of hydrogen-bond donors (Lipinski definition) is 0. The summed E-state index contributed by atoms with van der Waals surface area (Å²) in [4.78, 5) is 14.8. The first kappa shape index (κ1) is 30.6. The van der Waals surface area contributed by atoms with Gasteiger partial charge in [-0.3, -0.25) is 0 Å². The number of hydrogen-bond acceptors (Lipinski definition) is 7. The standard InChI is InChI=1S/C35H19Br4N7/c36-24-12-4-20(5-13-24)30-32(22-8-16-26(38)17-9-22)43-45-34(41-30)28-2-1-3-29(40-28)35-42-31(21-6-14-25(37)15-7-21)33(44-46-35)23-10-18-27(39)19-11-23/h1-19H. The first-order valence-electron chi connectivity index (χ1n) is 13.9. The van der Waals surface area contributed by atoms with Gasteiger partial charge in [-0.05, 0) is 60.7 Å². The molecule has 0 amide bonds. The van der Waals surface area contributed by atoms with Gasteiger partial charge in [0.15, 0.2) is 0 Å². The molecule has 222 valence electrons. The number of halogens is 4. The van der Waals surface area contributed by atoms with E-state index in [0.29, 0.717) is 45.8 Å². The molecule has 0 fully saturated rings. The van der Waals surface area contributed by atoms with E-state index in [-0.39, 0.29) is 0 Å². The highest BCUT2D eigenvalue weighted by Gasteiger charge is 2.18. The third kappa shape index (κ3) is 6.59. The Bertz CT molecular complexity index is 2020. The molecule has 0 saturated heterocycles. The van der Waals surface area contributed by atoms with Crippen LogP contribution in [0.15, 0.2) is 133 Å². The average molecular weight is 857 g/mol. The molecule has 0 N–H and O–H groups in total. The maximum atomic E-state index is 4.98. The first-order chi connectivity index (χ1) is 22.4. The number of nitrogens with zero attached hydrogens (tertiary/aromatic N) is 7. The minimum atomic E-state index is 0.383. The second kappa shape index (κ2) is 13.4. The van der Waals surface area contributed by atoms with Crippen LogP contribution in [0, 0.1) is 0 Å². The first-order valence-corrected chi connectivity index (χ1v) is 17.1. The molecule has 11 heteroatoms. The van der Waals surface area contributed by atoms with Crippen LogP contribution >= 0.6 is 63.7 Å². The lowest BCUT2D eigenvalue weighted by Crippen LogP contribution is -2.03. The van der Waals surface area contributed by atoms with Gasteiger partial charge in [0.05, 0.1) is 0 Å². The normalized spacial score (nSPS) is 11.0. The van der Waals surface area contributed by atoms with Crippen molar-refractivity contribution >= 4 is 63.7 Å². The van der Waals surface area contributed by atoms with Gasteiger partial charge in [-0.2, -0.15) is 0 Å². The second-order valence-corrected chi connectivity index (χ2v) is 13.8. The van der Waals surface area contributed by atoms with Crippen molar-refractivity contribution < 1.29 is 0 Å². The summed E-state index contributed by atoms with van der Waals surface area (Å²) in [5, 5.41) is 18.3. The lowest BCUT2D eigenvalue weighted by atomic mass is 10.0. The van der Waals surface area contributed by atoms with Gasteiger partial charge in [-0.15, -0.1) is 20.4 Å². The average Bonchev–Trinajstić information content (AvgIpc) is 3.09. The molecule has 0 bridgehead atoms. The zero-order valence-electron chi connectivity index (χ0n) is 23.6. The highest BCUT2D eigenvalue weighted by molar-refractivity contribution is 9.11. The van der Waals surface area contributed by atoms with Crippen molar-refractivity contribution in [3.8, 4) is 68.1 Å². The Kier molecular flexibility index (Phi) is 8.90. The van der Waals surface area contributed by atoms with Crippen molar-refractivity contribution in [1.29, 1.82) is 0 Å². The summed E-state index contributed by atoms with van der Waals surface area (Å²) in [7, 11) is 0. The quantitative estimate of drug-likeness (QED) is 0.165. The molecule has 7 nitrogen and oxygen atoms in total. The molecule has 7 rings (SSSR count). The maximum Gasteiger partial charge on any atom is 0.201 e. The van der Waals surface area contributed by atoms with E-state index in [1.165, 1.54) is 0 Å². The lowest BCUT2D eigenvalue weighted by Gasteiger charge is -2.11. The fourth-order valence-electron chi connectivity index (χ4n) is 4.78. The zero-order valence-corrected chi connectivity index (χ0v) is 30.0. The smallest absolute Gasteiger partial charge is 0.201 e. The summed E-state index contributed by atoms with van der Waals surface area (Å²) < 4.78 is 3.90. The van der Waals surface area contributed by atoms with Crippen LogP contribution in [0.25, 0.3) is 68.1 Å². The van der Waals surface area contributed by atoms with E-state index in [1.807, 2.05) is 115 Å². The molecule has 0 aliphatic rings. The van der Waals surface area contributed by atoms with E-state index in [2.05, 4.69) is 84.1 Å². The maximum absolute atomic E-state index is 4.98. The Balaban J connectivity index is 1.32. The number of rotatable bonds is 6. The van der Waals surface area contributed by atoms with Crippen molar-refractivity contribution in [2.75, 3.05) is 0 Å². The summed E-state index contributed by atoms with van der Waals surface area (Å²) in [6.07, 6.45) is 0. The molecule has 0 spiro atoms. The summed E-state index contributed by atoms with van der Waals surface area (Å²) >= 11 is 14.1. The van der Waals surface area contributed by atoms with Crippen LogP contribution < -0.4 is 0 Å². The van der Waals surface area contributed by atoms with Gasteiger partial charge in [0, 0.05) is 40.1 Å². The van der Waals surface area contributed by atoms with Crippen molar-refractivity contribution in [2.24, 2.45) is 0 Å². The predicted molar refractivity (Wildman–Crippen MR) is 194 cm³/mol. The van der Waals surface area contributed by atoms with Crippen LogP contribution in [0.5, 0.6) is 0 Å². The van der Waals surface area contributed by atoms with E-state index < -0.39 is 0 Å². The van der Waals surface area contributed by atoms with Gasteiger partial charge in [-0.25, -0.2) is 15.0 Å². The van der Waals surface area contributed by atoms with Gasteiger partial charge < -0.3 is 0 Å². The zero-order chi connectivity index (χ0) is 31.6. The largest absolute Gasteiger partial charge is 0.241 e. The van der Waals surface area contributed by atoms with Crippen LogP contribution in [-0.2, 0) is 0 Å². The molecule has 3 aromatic heterocycles. The number of aromatic nitrogens is 7. The molecule has 0 aliphatic carbocycles. The van der Waals surface area contributed by atoms with E-state index in [0.717, 1.165) is 40.1 Å². The molecule has 3 heterocycles. The summed E-state index contributed by atoms with van der Waals surface area (Å²) in [5.41, 5.74) is 7.43. The third-order valence-corrected chi connectivity index (χ3v) is 9.17. The monoisotopic (exact) mass is 853 g/mol. The van der Waals surface area contributed by atoms with Crippen LogP contribution in [0.3, 0.4) is 0 Å². The van der Waals surface area contributed by atoms with Crippen molar-refractivity contribution in [3.63, 3.8) is 0 Å². The molecule has 0 unspecified atom stereocenters. The SMILES string of the molecule is Brc1ccc(-c2nnc(-c3cccc(-c4nnc(-c5ccc(Br)cc5)c(-c5ccc(Br)cc5)n4)n3)nc2-c2ccc(Br)cc2)cc1. The Morgan fingerprint density at radius 1 is 0.304 bits per heavy atom. The van der Waals surface area contributed by atoms with Gasteiger partial charge >= 0.3 is 0 Å². The molecule has 0 aliphatic heterocycles. The van der Waals surface area contributed by atoms with Crippen molar-refractivity contribution in [3.05, 3.63) is 133 Å². The minimum absolute atomic E-state index is 0.383. The van der Waals surface area contributed by atoms with E-state index in [4.69, 9.17) is 15.0 Å². The Morgan fingerprint density at radius 2 is 0.609 bits per heavy atom. The van der Waals surface area contributed by atoms with Crippen LogP contribution in [0.4, 0.5) is 0 Å². The fraction of sp³-hybridized carbons (Fsp3) is 0. The van der Waals surface area contributed by atoms with Crippen molar-refractivity contribution in [2.45, 2.75) is 0 Å². The number of pyridine rings is 1. The Morgan fingerprint density at radius 3 is 0.935 bits per heavy atom. The molecule has 7 aromatic rings. The number of benzene rings is 4. The van der Waals surface area contributed by atoms with E-state index in [9.17, 15) is 0 Å². The summed E-state index contributed by atoms with van der Waals surface area (Å²) in [6.45, 7) is 0. The van der Waals surface area contributed by atoms with Gasteiger partial charge in [0.2, 0.25) is 11.6 Å².